The third-order valence-electron chi connectivity index (χ3n) is 5.44. The van der Waals surface area contributed by atoms with Gasteiger partial charge in [-0.15, -0.1) is 0 Å². The SMILES string of the molecule is C[Si](C)(C)C[C@H](NC(=O)c1cc2cccc(Cl)c2[nH]1)C(=O)N[C@H](C#N)CC1CCNC1=O. The van der Waals surface area contributed by atoms with Crippen LogP contribution in [0.15, 0.2) is 24.3 Å². The fraction of sp³-hybridized carbons (Fsp3) is 0.455. The van der Waals surface area contributed by atoms with Crippen LogP contribution >= 0.6 is 11.6 Å². The summed E-state index contributed by atoms with van der Waals surface area (Å²) in [6, 6.07) is 8.06. The molecule has 8 nitrogen and oxygen atoms in total. The smallest absolute Gasteiger partial charge is 0.268 e. The van der Waals surface area contributed by atoms with Crippen LogP contribution in [0.5, 0.6) is 0 Å². The van der Waals surface area contributed by atoms with Crippen molar-refractivity contribution in [3.63, 3.8) is 0 Å². The molecule has 0 bridgehead atoms. The van der Waals surface area contributed by atoms with Gasteiger partial charge in [0.1, 0.15) is 17.8 Å². The molecule has 1 aliphatic heterocycles. The van der Waals surface area contributed by atoms with E-state index in [-0.39, 0.29) is 18.2 Å². The molecule has 0 radical (unpaired) electrons. The molecule has 1 unspecified atom stereocenters. The molecule has 32 heavy (non-hydrogen) atoms. The minimum atomic E-state index is -1.75. The molecule has 10 heteroatoms. The Morgan fingerprint density at radius 1 is 1.31 bits per heavy atom. The summed E-state index contributed by atoms with van der Waals surface area (Å²) in [4.78, 5) is 40.8. The number of nitrogens with zero attached hydrogens (tertiary/aromatic N) is 1. The number of H-pyrrole nitrogens is 1. The standard InChI is InChI=1S/C22H28ClN5O3Si/c1-32(2,3)12-18(22(31)26-15(11-24)9-14-7-8-25-20(14)29)28-21(30)17-10-13-5-4-6-16(23)19(13)27-17/h4-6,10,14-15,18,27H,7-9,12H2,1-3H3,(H,25,29)(H,26,31)(H,28,30)/t14?,15-,18-/m0/s1. The van der Waals surface area contributed by atoms with Crippen LogP contribution < -0.4 is 16.0 Å². The first kappa shape index (κ1) is 23.8. The number of hydrogen-bond acceptors (Lipinski definition) is 4. The van der Waals surface area contributed by atoms with Crippen LogP contribution in [0.25, 0.3) is 10.9 Å². The molecular formula is C22H28ClN5O3Si. The van der Waals surface area contributed by atoms with Gasteiger partial charge in [-0.25, -0.2) is 0 Å². The van der Waals surface area contributed by atoms with Crippen molar-refractivity contribution >= 4 is 48.3 Å². The molecule has 170 valence electrons. The number of nitriles is 1. The second-order valence-electron chi connectivity index (χ2n) is 9.38. The summed E-state index contributed by atoms with van der Waals surface area (Å²) in [5, 5.41) is 19.1. The number of carbonyl (C=O) groups excluding carboxylic acids is 3. The third-order valence-corrected chi connectivity index (χ3v) is 7.39. The van der Waals surface area contributed by atoms with E-state index in [1.54, 1.807) is 18.2 Å². The number of aromatic amines is 1. The topological polar surface area (TPSA) is 127 Å². The van der Waals surface area contributed by atoms with Crippen molar-refractivity contribution in [1.82, 2.24) is 20.9 Å². The van der Waals surface area contributed by atoms with Gasteiger partial charge in [0.05, 0.1) is 16.6 Å². The monoisotopic (exact) mass is 473 g/mol. The minimum absolute atomic E-state index is 0.0936. The average molecular weight is 474 g/mol. The molecule has 2 heterocycles. The fourth-order valence-corrected chi connectivity index (χ4v) is 5.61. The summed E-state index contributed by atoms with van der Waals surface area (Å²) in [5.41, 5.74) is 0.964. The molecule has 3 amide bonds. The van der Waals surface area contributed by atoms with Crippen molar-refractivity contribution in [2.75, 3.05) is 6.54 Å². The zero-order valence-electron chi connectivity index (χ0n) is 18.4. The van der Waals surface area contributed by atoms with E-state index in [0.717, 1.165) is 5.39 Å². The first-order valence-electron chi connectivity index (χ1n) is 10.6. The predicted octanol–water partition coefficient (Wildman–Crippen LogP) is 2.79. The van der Waals surface area contributed by atoms with Crippen LogP contribution in [-0.2, 0) is 9.59 Å². The summed E-state index contributed by atoms with van der Waals surface area (Å²) in [5.74, 6) is -1.22. The summed E-state index contributed by atoms with van der Waals surface area (Å²) in [6.45, 7) is 6.89. The van der Waals surface area contributed by atoms with Gasteiger partial charge < -0.3 is 20.9 Å². The van der Waals surface area contributed by atoms with E-state index in [9.17, 15) is 19.6 Å². The van der Waals surface area contributed by atoms with E-state index in [4.69, 9.17) is 11.6 Å². The van der Waals surface area contributed by atoms with Crippen molar-refractivity contribution in [1.29, 1.82) is 5.26 Å². The second-order valence-corrected chi connectivity index (χ2v) is 15.3. The summed E-state index contributed by atoms with van der Waals surface area (Å²) >= 11 is 6.19. The van der Waals surface area contributed by atoms with Gasteiger partial charge in [-0.05, 0) is 31.0 Å². The van der Waals surface area contributed by atoms with Crippen LogP contribution in [0, 0.1) is 17.2 Å². The Hall–Kier alpha value is -2.83. The molecule has 1 aliphatic rings. The van der Waals surface area contributed by atoms with Gasteiger partial charge >= 0.3 is 0 Å². The lowest BCUT2D eigenvalue weighted by atomic mass is 9.99. The summed E-state index contributed by atoms with van der Waals surface area (Å²) < 4.78 is 0. The predicted molar refractivity (Wildman–Crippen MR) is 126 cm³/mol. The number of aromatic nitrogens is 1. The first-order chi connectivity index (χ1) is 15.1. The van der Waals surface area contributed by atoms with E-state index in [1.165, 1.54) is 0 Å². The van der Waals surface area contributed by atoms with E-state index >= 15 is 0 Å². The number of hydrogen-bond donors (Lipinski definition) is 4. The molecular weight excluding hydrogens is 446 g/mol. The average Bonchev–Trinajstić information content (AvgIpc) is 3.33. The maximum Gasteiger partial charge on any atom is 0.268 e. The molecule has 1 fully saturated rings. The van der Waals surface area contributed by atoms with Gasteiger partial charge in [-0.2, -0.15) is 5.26 Å². The number of nitrogens with one attached hydrogen (secondary N) is 4. The molecule has 3 atom stereocenters. The van der Waals surface area contributed by atoms with Crippen LogP contribution in [0.3, 0.4) is 0 Å². The maximum absolute atomic E-state index is 13.1. The van der Waals surface area contributed by atoms with Crippen molar-refractivity contribution in [3.05, 3.63) is 35.0 Å². The van der Waals surface area contributed by atoms with Gasteiger partial charge in [0.15, 0.2) is 0 Å². The van der Waals surface area contributed by atoms with Crippen molar-refractivity contribution in [2.24, 2.45) is 5.92 Å². The van der Waals surface area contributed by atoms with Gasteiger partial charge in [0, 0.05) is 25.9 Å². The molecule has 2 aromatic rings. The Bertz CT molecular complexity index is 1070. The highest BCUT2D eigenvalue weighted by Gasteiger charge is 2.32. The van der Waals surface area contributed by atoms with Crippen LogP contribution in [0.1, 0.15) is 23.3 Å². The van der Waals surface area contributed by atoms with Crippen molar-refractivity contribution < 1.29 is 14.4 Å². The Labute approximate surface area is 193 Å². The summed E-state index contributed by atoms with van der Waals surface area (Å²) in [7, 11) is -1.75. The lowest BCUT2D eigenvalue weighted by molar-refractivity contribution is -0.125. The molecule has 0 spiro atoms. The number of para-hydroxylation sites is 1. The highest BCUT2D eigenvalue weighted by atomic mass is 35.5. The van der Waals surface area contributed by atoms with E-state index < -0.39 is 32.0 Å². The highest BCUT2D eigenvalue weighted by Crippen LogP contribution is 2.24. The molecule has 4 N–H and O–H groups in total. The first-order valence-corrected chi connectivity index (χ1v) is 14.7. The molecule has 1 aromatic carbocycles. The molecule has 3 rings (SSSR count). The minimum Gasteiger partial charge on any atom is -0.356 e. The van der Waals surface area contributed by atoms with Gasteiger partial charge in [-0.1, -0.05) is 43.4 Å². The number of rotatable bonds is 8. The number of amides is 3. The van der Waals surface area contributed by atoms with Crippen LogP contribution in [0.4, 0.5) is 0 Å². The zero-order chi connectivity index (χ0) is 23.5. The molecule has 0 aliphatic carbocycles. The number of carbonyl (C=O) groups is 3. The van der Waals surface area contributed by atoms with E-state index in [0.29, 0.717) is 35.2 Å². The van der Waals surface area contributed by atoms with Crippen LogP contribution in [0.2, 0.25) is 30.7 Å². The van der Waals surface area contributed by atoms with E-state index in [2.05, 4.69) is 46.6 Å². The Balaban J connectivity index is 1.73. The van der Waals surface area contributed by atoms with Gasteiger partial charge in [-0.3, -0.25) is 14.4 Å². The highest BCUT2D eigenvalue weighted by molar-refractivity contribution is 6.76. The normalized spacial score (nSPS) is 18.0. The molecule has 1 aromatic heterocycles. The van der Waals surface area contributed by atoms with Gasteiger partial charge in [0.25, 0.3) is 5.91 Å². The Morgan fingerprint density at radius 3 is 2.66 bits per heavy atom. The third kappa shape index (κ3) is 5.90. The lowest BCUT2D eigenvalue weighted by Crippen LogP contribution is -2.52. The molecule has 0 saturated carbocycles. The van der Waals surface area contributed by atoms with Gasteiger partial charge in [0.2, 0.25) is 11.8 Å². The van der Waals surface area contributed by atoms with Crippen molar-refractivity contribution in [2.45, 2.75) is 50.6 Å². The number of fused-ring (bicyclic) bond motifs is 1. The lowest BCUT2D eigenvalue weighted by Gasteiger charge is -2.26. The number of halogens is 1. The summed E-state index contributed by atoms with van der Waals surface area (Å²) in [6.07, 6.45) is 0.896. The quantitative estimate of drug-likeness (QED) is 0.439. The fourth-order valence-electron chi connectivity index (χ4n) is 3.87. The largest absolute Gasteiger partial charge is 0.356 e. The molecule has 1 saturated heterocycles. The zero-order valence-corrected chi connectivity index (χ0v) is 20.2. The van der Waals surface area contributed by atoms with E-state index in [1.807, 2.05) is 6.07 Å². The Kier molecular flexibility index (Phi) is 7.26. The number of benzene rings is 1. The second kappa shape index (κ2) is 9.75. The maximum atomic E-state index is 13.1. The van der Waals surface area contributed by atoms with Crippen LogP contribution in [-0.4, -0.2) is 49.4 Å². The Morgan fingerprint density at radius 2 is 2.06 bits per heavy atom. The van der Waals surface area contributed by atoms with Crippen molar-refractivity contribution in [3.8, 4) is 6.07 Å².